The summed E-state index contributed by atoms with van der Waals surface area (Å²) in [7, 11) is 4.42. The van der Waals surface area contributed by atoms with Gasteiger partial charge in [0.05, 0.1) is 34.5 Å². The second-order valence-electron chi connectivity index (χ2n) is 6.33. The van der Waals surface area contributed by atoms with Crippen molar-refractivity contribution in [2.45, 2.75) is 20.1 Å². The van der Waals surface area contributed by atoms with Crippen LogP contribution in [0.4, 0.5) is 0 Å². The molecule has 162 valence electrons. The number of ether oxygens (including phenoxy) is 4. The third-order valence-corrected chi connectivity index (χ3v) is 4.32. The fourth-order valence-electron chi connectivity index (χ4n) is 2.71. The standard InChI is InChI=1S/C22H28N2O6/c1-5-30-14-16-8-6-15(7-9-16)12-23-20(25)13-24-22(26)17-10-18(27-2)21(29-4)19(11-17)28-3/h6-11H,5,12-14H2,1-4H3,(H,23,25)(H,24,26). The molecular weight excluding hydrogens is 388 g/mol. The van der Waals surface area contributed by atoms with Gasteiger partial charge in [-0.1, -0.05) is 24.3 Å². The topological polar surface area (TPSA) is 95.1 Å². The lowest BCUT2D eigenvalue weighted by atomic mass is 10.1. The van der Waals surface area contributed by atoms with Crippen molar-refractivity contribution in [3.05, 3.63) is 53.1 Å². The van der Waals surface area contributed by atoms with E-state index in [1.54, 1.807) is 0 Å². The predicted octanol–water partition coefficient (Wildman–Crippen LogP) is 2.30. The highest BCUT2D eigenvalue weighted by molar-refractivity contribution is 5.97. The number of methoxy groups -OCH3 is 3. The minimum atomic E-state index is -0.426. The van der Waals surface area contributed by atoms with Gasteiger partial charge in [0, 0.05) is 18.7 Å². The first-order valence-electron chi connectivity index (χ1n) is 9.52. The van der Waals surface area contributed by atoms with E-state index in [-0.39, 0.29) is 12.5 Å². The first kappa shape index (κ1) is 23.0. The van der Waals surface area contributed by atoms with E-state index in [1.165, 1.54) is 33.5 Å². The zero-order valence-corrected chi connectivity index (χ0v) is 17.7. The molecule has 0 atom stereocenters. The number of amides is 2. The van der Waals surface area contributed by atoms with Crippen LogP contribution in [0, 0.1) is 0 Å². The minimum absolute atomic E-state index is 0.155. The zero-order valence-electron chi connectivity index (χ0n) is 17.7. The molecule has 2 aromatic carbocycles. The summed E-state index contributed by atoms with van der Waals surface area (Å²) < 4.78 is 21.1. The monoisotopic (exact) mass is 416 g/mol. The summed E-state index contributed by atoms with van der Waals surface area (Å²) >= 11 is 0. The summed E-state index contributed by atoms with van der Waals surface area (Å²) in [5.74, 6) is 0.388. The molecule has 0 heterocycles. The molecule has 0 saturated heterocycles. The molecule has 0 aliphatic carbocycles. The van der Waals surface area contributed by atoms with Gasteiger partial charge in [0.1, 0.15) is 0 Å². The van der Waals surface area contributed by atoms with Crippen molar-refractivity contribution in [2.24, 2.45) is 0 Å². The molecule has 0 spiro atoms. The van der Waals surface area contributed by atoms with Crippen LogP contribution in [0.25, 0.3) is 0 Å². The van der Waals surface area contributed by atoms with E-state index in [1.807, 2.05) is 31.2 Å². The average Bonchev–Trinajstić information content (AvgIpc) is 2.79. The molecule has 30 heavy (non-hydrogen) atoms. The van der Waals surface area contributed by atoms with E-state index in [0.29, 0.717) is 42.6 Å². The molecule has 2 rings (SSSR count). The lowest BCUT2D eigenvalue weighted by Gasteiger charge is -2.14. The molecular formula is C22H28N2O6. The van der Waals surface area contributed by atoms with Crippen molar-refractivity contribution in [2.75, 3.05) is 34.5 Å². The lowest BCUT2D eigenvalue weighted by Crippen LogP contribution is -2.36. The summed E-state index contributed by atoms with van der Waals surface area (Å²) in [4.78, 5) is 24.5. The molecule has 2 N–H and O–H groups in total. The van der Waals surface area contributed by atoms with E-state index in [2.05, 4.69) is 10.6 Å². The van der Waals surface area contributed by atoms with Crippen molar-refractivity contribution < 1.29 is 28.5 Å². The normalized spacial score (nSPS) is 10.3. The van der Waals surface area contributed by atoms with Crippen molar-refractivity contribution in [1.29, 1.82) is 0 Å². The Labute approximate surface area is 176 Å². The number of benzene rings is 2. The van der Waals surface area contributed by atoms with Crippen molar-refractivity contribution in [3.63, 3.8) is 0 Å². The third-order valence-electron chi connectivity index (χ3n) is 4.32. The molecule has 0 saturated carbocycles. The van der Waals surface area contributed by atoms with Gasteiger partial charge in [-0.15, -0.1) is 0 Å². The summed E-state index contributed by atoms with van der Waals surface area (Å²) in [6, 6.07) is 10.8. The van der Waals surface area contributed by atoms with E-state index in [0.717, 1.165) is 11.1 Å². The first-order chi connectivity index (χ1) is 14.5. The maximum atomic E-state index is 12.4. The van der Waals surface area contributed by atoms with Crippen molar-refractivity contribution in [1.82, 2.24) is 10.6 Å². The summed E-state index contributed by atoms with van der Waals surface area (Å²) in [5.41, 5.74) is 2.33. The van der Waals surface area contributed by atoms with E-state index in [9.17, 15) is 9.59 Å². The molecule has 0 bridgehead atoms. The molecule has 0 aliphatic rings. The van der Waals surface area contributed by atoms with Gasteiger partial charge in [0.15, 0.2) is 11.5 Å². The number of rotatable bonds is 11. The highest BCUT2D eigenvalue weighted by Crippen LogP contribution is 2.38. The van der Waals surface area contributed by atoms with Crippen LogP contribution >= 0.6 is 0 Å². The molecule has 8 heteroatoms. The molecule has 0 unspecified atom stereocenters. The average molecular weight is 416 g/mol. The first-order valence-corrected chi connectivity index (χ1v) is 9.52. The van der Waals surface area contributed by atoms with Crippen LogP contribution in [0.5, 0.6) is 17.2 Å². The second-order valence-corrected chi connectivity index (χ2v) is 6.33. The summed E-state index contributed by atoms with van der Waals surface area (Å²) in [6.07, 6.45) is 0. The van der Waals surface area contributed by atoms with Crippen LogP contribution in [0.1, 0.15) is 28.4 Å². The van der Waals surface area contributed by atoms with Crippen LogP contribution in [-0.2, 0) is 22.7 Å². The smallest absolute Gasteiger partial charge is 0.251 e. The fraction of sp³-hybridized carbons (Fsp3) is 0.364. The number of hydrogen-bond donors (Lipinski definition) is 2. The minimum Gasteiger partial charge on any atom is -0.493 e. The number of nitrogens with one attached hydrogen (secondary N) is 2. The molecule has 0 aromatic heterocycles. The van der Waals surface area contributed by atoms with Crippen molar-refractivity contribution >= 4 is 11.8 Å². The Morgan fingerprint density at radius 1 is 0.867 bits per heavy atom. The van der Waals surface area contributed by atoms with Gasteiger partial charge in [-0.3, -0.25) is 9.59 Å². The number of carbonyl (C=O) groups excluding carboxylic acids is 2. The Kier molecular flexibility index (Phi) is 8.96. The third kappa shape index (κ3) is 6.38. The van der Waals surface area contributed by atoms with Gasteiger partial charge in [0.2, 0.25) is 11.7 Å². The number of hydrogen-bond acceptors (Lipinski definition) is 6. The maximum Gasteiger partial charge on any atom is 0.251 e. The molecule has 8 nitrogen and oxygen atoms in total. The lowest BCUT2D eigenvalue weighted by molar-refractivity contribution is -0.120. The molecule has 2 amide bonds. The number of carbonyl (C=O) groups is 2. The van der Waals surface area contributed by atoms with Gasteiger partial charge in [0.25, 0.3) is 5.91 Å². The Morgan fingerprint density at radius 3 is 2.00 bits per heavy atom. The molecule has 0 aliphatic heterocycles. The largest absolute Gasteiger partial charge is 0.493 e. The Bertz CT molecular complexity index is 826. The van der Waals surface area contributed by atoms with E-state index in [4.69, 9.17) is 18.9 Å². The van der Waals surface area contributed by atoms with Crippen LogP contribution < -0.4 is 24.8 Å². The molecule has 2 aromatic rings. The summed E-state index contributed by atoms with van der Waals surface area (Å²) in [6.45, 7) is 3.39. The van der Waals surface area contributed by atoms with Gasteiger partial charge in [-0.2, -0.15) is 0 Å². The van der Waals surface area contributed by atoms with Crippen molar-refractivity contribution in [3.8, 4) is 17.2 Å². The second kappa shape index (κ2) is 11.7. The van der Waals surface area contributed by atoms with Gasteiger partial charge in [-0.25, -0.2) is 0 Å². The SMILES string of the molecule is CCOCc1ccc(CNC(=O)CNC(=O)c2cc(OC)c(OC)c(OC)c2)cc1. The zero-order chi connectivity index (χ0) is 21.9. The van der Waals surface area contributed by atoms with E-state index >= 15 is 0 Å². The molecule has 0 radical (unpaired) electrons. The summed E-state index contributed by atoms with van der Waals surface area (Å²) in [5, 5.41) is 5.37. The van der Waals surface area contributed by atoms with Crippen LogP contribution in [-0.4, -0.2) is 46.3 Å². The van der Waals surface area contributed by atoms with Gasteiger partial charge >= 0.3 is 0 Å². The van der Waals surface area contributed by atoms with E-state index < -0.39 is 5.91 Å². The fourth-order valence-corrected chi connectivity index (χ4v) is 2.71. The van der Waals surface area contributed by atoms with Gasteiger partial charge in [-0.05, 0) is 30.2 Å². The highest BCUT2D eigenvalue weighted by Gasteiger charge is 2.17. The molecule has 0 fully saturated rings. The Balaban J connectivity index is 1.88. The Hall–Kier alpha value is -3.26. The highest BCUT2D eigenvalue weighted by atomic mass is 16.5. The van der Waals surface area contributed by atoms with Crippen LogP contribution in [0.3, 0.4) is 0 Å². The van der Waals surface area contributed by atoms with Crippen LogP contribution in [0.15, 0.2) is 36.4 Å². The quantitative estimate of drug-likeness (QED) is 0.584. The van der Waals surface area contributed by atoms with Crippen LogP contribution in [0.2, 0.25) is 0 Å². The maximum absolute atomic E-state index is 12.4. The predicted molar refractivity (Wildman–Crippen MR) is 112 cm³/mol. The van der Waals surface area contributed by atoms with Gasteiger partial charge < -0.3 is 29.6 Å². The Morgan fingerprint density at radius 2 is 1.47 bits per heavy atom.